The highest BCUT2D eigenvalue weighted by molar-refractivity contribution is 5.95. The van der Waals surface area contributed by atoms with E-state index in [-0.39, 0.29) is 24.0 Å². The van der Waals surface area contributed by atoms with Crippen LogP contribution in [0.2, 0.25) is 0 Å². The van der Waals surface area contributed by atoms with Crippen LogP contribution in [-0.2, 0) is 0 Å². The number of nitrogens with zero attached hydrogens (tertiary/aromatic N) is 2. The zero-order valence-corrected chi connectivity index (χ0v) is 15.9. The molecule has 0 atom stereocenters. The van der Waals surface area contributed by atoms with Crippen molar-refractivity contribution in [3.63, 3.8) is 0 Å². The van der Waals surface area contributed by atoms with Crippen LogP contribution in [0, 0.1) is 5.82 Å². The van der Waals surface area contributed by atoms with Gasteiger partial charge in [-0.2, -0.15) is 0 Å². The fourth-order valence-electron chi connectivity index (χ4n) is 2.95. The second-order valence-electron chi connectivity index (χ2n) is 6.51. The van der Waals surface area contributed by atoms with E-state index in [0.717, 1.165) is 26.2 Å². The van der Waals surface area contributed by atoms with Crippen molar-refractivity contribution in [2.75, 3.05) is 19.8 Å². The second kappa shape index (κ2) is 11.9. The second-order valence-corrected chi connectivity index (χ2v) is 6.51. The summed E-state index contributed by atoms with van der Waals surface area (Å²) in [6.45, 7) is 5.17. The number of rotatable bonds is 11. The number of hydrogen-bond acceptors (Lipinski definition) is 3. The third kappa shape index (κ3) is 7.91. The highest BCUT2D eigenvalue weighted by atomic mass is 35.5. The minimum absolute atomic E-state index is 0. The van der Waals surface area contributed by atoms with E-state index in [1.165, 1.54) is 44.2 Å². The third-order valence-electron chi connectivity index (χ3n) is 4.42. The summed E-state index contributed by atoms with van der Waals surface area (Å²) in [7, 11) is 0. The van der Waals surface area contributed by atoms with Gasteiger partial charge in [0.05, 0.1) is 6.67 Å². The van der Waals surface area contributed by atoms with Crippen molar-refractivity contribution in [3.8, 4) is 0 Å². The molecule has 0 spiro atoms. The Kier molecular flexibility index (Phi) is 10.2. The van der Waals surface area contributed by atoms with Crippen LogP contribution in [-0.4, -0.2) is 35.3 Å². The van der Waals surface area contributed by atoms with Gasteiger partial charge in [-0.25, -0.2) is 4.39 Å². The minimum atomic E-state index is -0.302. The first-order valence-electron chi connectivity index (χ1n) is 9.14. The highest BCUT2D eigenvalue weighted by Crippen LogP contribution is 2.12. The van der Waals surface area contributed by atoms with Crippen LogP contribution in [0.25, 0.3) is 0 Å². The van der Waals surface area contributed by atoms with Gasteiger partial charge >= 0.3 is 0 Å². The molecule has 0 saturated heterocycles. The summed E-state index contributed by atoms with van der Waals surface area (Å²) in [6.07, 6.45) is 12.1. The third-order valence-corrected chi connectivity index (χ3v) is 4.42. The van der Waals surface area contributed by atoms with E-state index in [1.807, 2.05) is 0 Å². The van der Waals surface area contributed by atoms with E-state index < -0.39 is 0 Å². The number of carbonyl (C=O) groups is 1. The maximum atomic E-state index is 12.9. The first kappa shape index (κ1) is 21.5. The Morgan fingerprint density at radius 2 is 1.56 bits per heavy atom. The lowest BCUT2D eigenvalue weighted by molar-refractivity contribution is 0.0976. The molecule has 3 nitrogen and oxygen atoms in total. The quantitative estimate of drug-likeness (QED) is 0.395. The fraction of sp³-hybridized carbons (Fsp3) is 0.550. The first-order valence-corrected chi connectivity index (χ1v) is 9.14. The number of Topliss-reactive ketones (excluding diaryl/α,β-unsaturated/α-hetero) is 1. The van der Waals surface area contributed by atoms with Gasteiger partial charge in [-0.3, -0.25) is 4.79 Å². The Balaban J connectivity index is 0.00000312. The van der Waals surface area contributed by atoms with Crippen LogP contribution in [0.15, 0.2) is 36.7 Å². The molecular formula is C20H30ClFN2O. The first-order chi connectivity index (χ1) is 11.7. The van der Waals surface area contributed by atoms with Crippen molar-refractivity contribution >= 4 is 18.2 Å². The summed E-state index contributed by atoms with van der Waals surface area (Å²) in [6, 6.07) is 5.81. The molecule has 0 amide bonds. The van der Waals surface area contributed by atoms with Gasteiger partial charge in [0, 0.05) is 37.5 Å². The van der Waals surface area contributed by atoms with Gasteiger partial charge in [0.25, 0.3) is 0 Å². The molecule has 1 aromatic rings. The minimum Gasteiger partial charge on any atom is -0.359 e. The summed E-state index contributed by atoms with van der Waals surface area (Å²) in [5.74, 6) is -0.213. The van der Waals surface area contributed by atoms with Crippen LogP contribution >= 0.6 is 12.4 Å². The number of hydrogen-bond donors (Lipinski definition) is 0. The molecule has 0 aromatic heterocycles. The Morgan fingerprint density at radius 3 is 2.20 bits per heavy atom. The van der Waals surface area contributed by atoms with Gasteiger partial charge < -0.3 is 9.80 Å². The molecule has 0 fully saturated rings. The molecule has 0 N–H and O–H groups in total. The van der Waals surface area contributed by atoms with Crippen LogP contribution in [0.3, 0.4) is 0 Å². The lowest BCUT2D eigenvalue weighted by Crippen LogP contribution is -2.27. The zero-order chi connectivity index (χ0) is 17.2. The Morgan fingerprint density at radius 1 is 0.960 bits per heavy atom. The smallest absolute Gasteiger partial charge is 0.162 e. The van der Waals surface area contributed by atoms with Gasteiger partial charge in [0.15, 0.2) is 5.78 Å². The molecule has 1 aliphatic heterocycles. The topological polar surface area (TPSA) is 23.6 Å². The van der Waals surface area contributed by atoms with Gasteiger partial charge in [-0.1, -0.05) is 32.6 Å². The van der Waals surface area contributed by atoms with Crippen molar-refractivity contribution in [1.29, 1.82) is 0 Å². The van der Waals surface area contributed by atoms with E-state index in [2.05, 4.69) is 29.1 Å². The van der Waals surface area contributed by atoms with Crippen LogP contribution in [0.4, 0.5) is 4.39 Å². The summed E-state index contributed by atoms with van der Waals surface area (Å²) in [4.78, 5) is 16.6. The van der Waals surface area contributed by atoms with Crippen LogP contribution in [0.1, 0.15) is 62.2 Å². The molecule has 0 aliphatic carbocycles. The Bertz CT molecular complexity index is 533. The van der Waals surface area contributed by atoms with Gasteiger partial charge in [0.2, 0.25) is 0 Å². The summed E-state index contributed by atoms with van der Waals surface area (Å²) in [5, 5.41) is 0. The molecule has 140 valence electrons. The fourth-order valence-corrected chi connectivity index (χ4v) is 2.95. The Labute approximate surface area is 157 Å². The molecule has 0 radical (unpaired) electrons. The van der Waals surface area contributed by atoms with Gasteiger partial charge in [0.1, 0.15) is 5.82 Å². The summed E-state index contributed by atoms with van der Waals surface area (Å²) >= 11 is 0. The van der Waals surface area contributed by atoms with Crippen LogP contribution in [0.5, 0.6) is 0 Å². The zero-order valence-electron chi connectivity index (χ0n) is 15.1. The molecule has 5 heteroatoms. The molecule has 1 aliphatic rings. The lowest BCUT2D eigenvalue weighted by Gasteiger charge is -2.21. The number of unbranched alkanes of at least 4 members (excludes halogenated alkanes) is 4. The standard InChI is InChI=1S/C20H29FN2O.ClH/c1-2-3-4-5-6-13-22-15-16-23(17-22)14-7-8-20(24)18-9-11-19(21)12-10-18;/h9-12,15-16H,2-8,13-14,17H2,1H3;1H. The predicted octanol–water partition coefficient (Wildman–Crippen LogP) is 5.23. The number of halogens is 2. The molecule has 0 unspecified atom stereocenters. The van der Waals surface area contributed by atoms with Crippen molar-refractivity contribution in [2.45, 2.75) is 51.9 Å². The van der Waals surface area contributed by atoms with Crippen molar-refractivity contribution in [2.24, 2.45) is 0 Å². The molecule has 0 saturated carbocycles. The van der Waals surface area contributed by atoms with Crippen molar-refractivity contribution in [1.82, 2.24) is 9.80 Å². The Hall–Kier alpha value is -1.55. The van der Waals surface area contributed by atoms with Crippen LogP contribution < -0.4 is 0 Å². The van der Waals surface area contributed by atoms with Gasteiger partial charge in [-0.05, 0) is 37.1 Å². The number of ketones is 1. The number of benzene rings is 1. The number of carbonyl (C=O) groups excluding carboxylic acids is 1. The maximum Gasteiger partial charge on any atom is 0.162 e. The molecule has 1 heterocycles. The van der Waals surface area contributed by atoms with E-state index >= 15 is 0 Å². The SMILES string of the molecule is CCCCCCCN1C=CN(CCCC(=O)c2ccc(F)cc2)C1.Cl. The largest absolute Gasteiger partial charge is 0.359 e. The van der Waals surface area contributed by atoms with E-state index in [9.17, 15) is 9.18 Å². The lowest BCUT2D eigenvalue weighted by atomic mass is 10.1. The molecule has 25 heavy (non-hydrogen) atoms. The average molecular weight is 369 g/mol. The normalized spacial score (nSPS) is 13.2. The van der Waals surface area contributed by atoms with Gasteiger partial charge in [-0.15, -0.1) is 12.4 Å². The van der Waals surface area contributed by atoms with E-state index in [4.69, 9.17) is 0 Å². The van der Waals surface area contributed by atoms with Crippen molar-refractivity contribution in [3.05, 3.63) is 48.0 Å². The maximum absolute atomic E-state index is 12.9. The molecule has 0 bridgehead atoms. The summed E-state index contributed by atoms with van der Waals surface area (Å²) in [5.41, 5.74) is 0.599. The molecule has 1 aromatic carbocycles. The monoisotopic (exact) mass is 368 g/mol. The predicted molar refractivity (Wildman–Crippen MR) is 103 cm³/mol. The molecule has 2 rings (SSSR count). The highest BCUT2D eigenvalue weighted by Gasteiger charge is 2.12. The average Bonchev–Trinajstić information content (AvgIpc) is 3.03. The van der Waals surface area contributed by atoms with E-state index in [1.54, 1.807) is 12.1 Å². The molecular weight excluding hydrogens is 339 g/mol. The van der Waals surface area contributed by atoms with E-state index in [0.29, 0.717) is 12.0 Å². The summed E-state index contributed by atoms with van der Waals surface area (Å²) < 4.78 is 12.9. The van der Waals surface area contributed by atoms with Crippen molar-refractivity contribution < 1.29 is 9.18 Å².